The lowest BCUT2D eigenvalue weighted by Gasteiger charge is -2.23. The van der Waals surface area contributed by atoms with Crippen LogP contribution >= 0.6 is 0 Å². The number of carbonyl (C=O) groups is 6. The molecule has 0 aromatic carbocycles. The molecule has 0 saturated heterocycles. The van der Waals surface area contributed by atoms with Crippen molar-refractivity contribution in [2.75, 3.05) is 0 Å². The van der Waals surface area contributed by atoms with Crippen LogP contribution < -0.4 is 27.4 Å². The lowest BCUT2D eigenvalue weighted by molar-refractivity contribution is -0.142. The normalized spacial score (nSPS) is 14.5. The molecular weight excluding hydrogens is 426 g/mol. The van der Waals surface area contributed by atoms with Gasteiger partial charge in [0.15, 0.2) is 0 Å². The van der Waals surface area contributed by atoms with Crippen LogP contribution in [0.3, 0.4) is 0 Å². The average Bonchev–Trinajstić information content (AvgIpc) is 2.67. The smallest absolute Gasteiger partial charge is 0.326 e. The molecule has 0 aromatic heterocycles. The second-order valence-electron chi connectivity index (χ2n) is 7.86. The van der Waals surface area contributed by atoms with Gasteiger partial charge in [-0.3, -0.25) is 24.0 Å². The second-order valence-corrected chi connectivity index (χ2v) is 7.86. The number of nitrogens with one attached hydrogen (secondary N) is 3. The van der Waals surface area contributed by atoms with Crippen LogP contribution in [0, 0.1) is 5.92 Å². The van der Waals surface area contributed by atoms with Crippen LogP contribution in [0.15, 0.2) is 0 Å². The molecule has 0 heterocycles. The van der Waals surface area contributed by atoms with Crippen LogP contribution in [0.1, 0.15) is 52.9 Å². The Morgan fingerprint density at radius 2 is 1.34 bits per heavy atom. The van der Waals surface area contributed by atoms with Gasteiger partial charge in [-0.25, -0.2) is 4.79 Å². The third kappa shape index (κ3) is 11.8. The number of primary amides is 1. The van der Waals surface area contributed by atoms with Crippen LogP contribution in [0.25, 0.3) is 0 Å². The minimum atomic E-state index is -1.32. The van der Waals surface area contributed by atoms with Crippen LogP contribution in [0.5, 0.6) is 0 Å². The number of hydrogen-bond donors (Lipinski definition) is 7. The zero-order chi connectivity index (χ0) is 25.0. The number of rotatable bonds is 15. The maximum atomic E-state index is 12.6. The molecule has 0 rings (SSSR count). The molecule has 182 valence electrons. The number of carbonyl (C=O) groups excluding carboxylic acids is 4. The van der Waals surface area contributed by atoms with Gasteiger partial charge in [-0.15, -0.1) is 0 Å². The summed E-state index contributed by atoms with van der Waals surface area (Å²) < 4.78 is 0. The molecule has 4 atom stereocenters. The molecule has 0 radical (unpaired) electrons. The number of aliphatic carboxylic acids is 2. The van der Waals surface area contributed by atoms with Gasteiger partial charge in [0.2, 0.25) is 23.6 Å². The van der Waals surface area contributed by atoms with Crippen molar-refractivity contribution in [3.63, 3.8) is 0 Å². The molecule has 9 N–H and O–H groups in total. The monoisotopic (exact) mass is 459 g/mol. The van der Waals surface area contributed by atoms with Crippen LogP contribution in [-0.2, 0) is 28.8 Å². The highest BCUT2D eigenvalue weighted by Crippen LogP contribution is 2.06. The number of carboxylic acids is 2. The third-order valence-electron chi connectivity index (χ3n) is 4.39. The second kappa shape index (κ2) is 14.0. The summed E-state index contributed by atoms with van der Waals surface area (Å²) in [5.74, 6) is -5.49. The first kappa shape index (κ1) is 28.8. The minimum absolute atomic E-state index is 0.00400. The molecule has 0 aliphatic rings. The number of carboxylic acid groups (broad SMARTS) is 2. The summed E-state index contributed by atoms with van der Waals surface area (Å²) in [6.07, 6.45) is -0.777. The van der Waals surface area contributed by atoms with Crippen LogP contribution in [0.2, 0.25) is 0 Å². The Hall–Kier alpha value is -3.22. The molecule has 32 heavy (non-hydrogen) atoms. The molecule has 0 aliphatic carbocycles. The Morgan fingerprint density at radius 3 is 1.81 bits per heavy atom. The molecule has 0 saturated carbocycles. The predicted molar refractivity (Wildman–Crippen MR) is 112 cm³/mol. The number of hydrogen-bond acceptors (Lipinski definition) is 7. The Kier molecular flexibility index (Phi) is 12.6. The van der Waals surface area contributed by atoms with Gasteiger partial charge in [0, 0.05) is 12.8 Å². The molecule has 0 bridgehead atoms. The Morgan fingerprint density at radius 1 is 0.781 bits per heavy atom. The molecule has 0 aromatic rings. The summed E-state index contributed by atoms with van der Waals surface area (Å²) in [5.41, 5.74) is 10.7. The van der Waals surface area contributed by atoms with E-state index in [1.54, 1.807) is 13.8 Å². The third-order valence-corrected chi connectivity index (χ3v) is 4.39. The van der Waals surface area contributed by atoms with Gasteiger partial charge < -0.3 is 37.6 Å². The van der Waals surface area contributed by atoms with Crippen molar-refractivity contribution >= 4 is 35.6 Å². The van der Waals surface area contributed by atoms with E-state index < -0.39 is 66.2 Å². The van der Waals surface area contributed by atoms with Crippen LogP contribution in [0.4, 0.5) is 0 Å². The largest absolute Gasteiger partial charge is 0.481 e. The first-order valence-electron chi connectivity index (χ1n) is 10.1. The molecule has 13 heteroatoms. The molecule has 4 unspecified atom stereocenters. The van der Waals surface area contributed by atoms with E-state index in [0.29, 0.717) is 0 Å². The summed E-state index contributed by atoms with van der Waals surface area (Å²) in [6, 6.07) is -4.79. The van der Waals surface area contributed by atoms with E-state index >= 15 is 0 Å². The Labute approximate surface area is 185 Å². The van der Waals surface area contributed by atoms with Gasteiger partial charge in [-0.05, 0) is 32.1 Å². The van der Waals surface area contributed by atoms with Gasteiger partial charge in [-0.2, -0.15) is 0 Å². The SMILES string of the molecule is CC(C)CC(NC(=O)C(C)NC(=O)C(CCC(=O)O)NC(=O)C(N)CCC(N)=O)C(=O)O. The van der Waals surface area contributed by atoms with Gasteiger partial charge in [0.1, 0.15) is 18.1 Å². The molecule has 0 fully saturated rings. The van der Waals surface area contributed by atoms with E-state index in [0.717, 1.165) is 0 Å². The Balaban J connectivity index is 5.12. The lowest BCUT2D eigenvalue weighted by atomic mass is 10.0. The fraction of sp³-hybridized carbons (Fsp3) is 0.684. The topological polar surface area (TPSA) is 231 Å². The van der Waals surface area contributed by atoms with Crippen molar-refractivity contribution in [1.29, 1.82) is 0 Å². The van der Waals surface area contributed by atoms with Gasteiger partial charge in [0.25, 0.3) is 0 Å². The van der Waals surface area contributed by atoms with Crippen molar-refractivity contribution in [3.8, 4) is 0 Å². The van der Waals surface area contributed by atoms with Crippen molar-refractivity contribution < 1.29 is 39.0 Å². The maximum Gasteiger partial charge on any atom is 0.326 e. The van der Waals surface area contributed by atoms with Gasteiger partial charge >= 0.3 is 11.9 Å². The fourth-order valence-electron chi connectivity index (χ4n) is 2.61. The first-order valence-corrected chi connectivity index (χ1v) is 10.1. The molecule has 13 nitrogen and oxygen atoms in total. The number of amides is 4. The van der Waals surface area contributed by atoms with Crippen molar-refractivity contribution in [1.82, 2.24) is 16.0 Å². The highest BCUT2D eigenvalue weighted by molar-refractivity contribution is 5.94. The molecule has 4 amide bonds. The standard InChI is InChI=1S/C19H33N5O8/c1-9(2)8-13(19(31)32)24-16(28)10(3)22-18(30)12(5-7-15(26)27)23-17(29)11(20)4-6-14(21)25/h9-13H,4-8,20H2,1-3H3,(H2,21,25)(H,22,30)(H,23,29)(H,24,28)(H,26,27)(H,31,32). The number of nitrogens with two attached hydrogens (primary N) is 2. The highest BCUT2D eigenvalue weighted by Gasteiger charge is 2.29. The molecular formula is C19H33N5O8. The quantitative estimate of drug-likeness (QED) is 0.144. The van der Waals surface area contributed by atoms with Gasteiger partial charge in [-0.1, -0.05) is 13.8 Å². The van der Waals surface area contributed by atoms with Gasteiger partial charge in [0.05, 0.1) is 6.04 Å². The van der Waals surface area contributed by atoms with E-state index in [-0.39, 0.29) is 31.6 Å². The fourth-order valence-corrected chi connectivity index (χ4v) is 2.61. The van der Waals surface area contributed by atoms with Crippen molar-refractivity contribution in [2.24, 2.45) is 17.4 Å². The van der Waals surface area contributed by atoms with E-state index in [4.69, 9.17) is 16.6 Å². The summed E-state index contributed by atoms with van der Waals surface area (Å²) in [5, 5.41) is 25.1. The van der Waals surface area contributed by atoms with Crippen LogP contribution in [-0.4, -0.2) is 69.9 Å². The van der Waals surface area contributed by atoms with Crippen molar-refractivity contribution in [3.05, 3.63) is 0 Å². The first-order chi connectivity index (χ1) is 14.7. The lowest BCUT2D eigenvalue weighted by Crippen LogP contribution is -2.56. The summed E-state index contributed by atoms with van der Waals surface area (Å²) in [4.78, 5) is 70.1. The highest BCUT2D eigenvalue weighted by atomic mass is 16.4. The zero-order valence-corrected chi connectivity index (χ0v) is 18.4. The summed E-state index contributed by atoms with van der Waals surface area (Å²) in [6.45, 7) is 4.89. The molecule has 0 spiro atoms. The summed E-state index contributed by atoms with van der Waals surface area (Å²) >= 11 is 0. The zero-order valence-electron chi connectivity index (χ0n) is 18.4. The minimum Gasteiger partial charge on any atom is -0.481 e. The molecule has 0 aliphatic heterocycles. The van der Waals surface area contributed by atoms with E-state index in [9.17, 15) is 33.9 Å². The average molecular weight is 460 g/mol. The Bertz CT molecular complexity index is 712. The van der Waals surface area contributed by atoms with Crippen molar-refractivity contribution in [2.45, 2.75) is 77.0 Å². The van der Waals surface area contributed by atoms with E-state index in [1.807, 2.05) is 0 Å². The summed E-state index contributed by atoms with van der Waals surface area (Å²) in [7, 11) is 0. The van der Waals surface area contributed by atoms with E-state index in [1.165, 1.54) is 6.92 Å². The maximum absolute atomic E-state index is 12.6. The predicted octanol–water partition coefficient (Wildman–Crippen LogP) is -1.95. The van der Waals surface area contributed by atoms with E-state index in [2.05, 4.69) is 16.0 Å².